The van der Waals surface area contributed by atoms with Crippen LogP contribution < -0.4 is 9.47 Å². The van der Waals surface area contributed by atoms with Crippen molar-refractivity contribution in [2.45, 2.75) is 6.92 Å². The highest BCUT2D eigenvalue weighted by molar-refractivity contribution is 6.10. The van der Waals surface area contributed by atoms with Crippen molar-refractivity contribution in [1.29, 1.82) is 0 Å². The minimum absolute atomic E-state index is 0.148. The highest BCUT2D eigenvalue weighted by Crippen LogP contribution is 2.22. The van der Waals surface area contributed by atoms with Gasteiger partial charge in [-0.15, -0.1) is 0 Å². The summed E-state index contributed by atoms with van der Waals surface area (Å²) in [5.74, 6) is 0.225. The minimum Gasteiger partial charge on any atom is -0.493 e. The molecule has 0 aliphatic heterocycles. The first-order valence-corrected chi connectivity index (χ1v) is 6.86. The van der Waals surface area contributed by atoms with Crippen LogP contribution in [0, 0.1) is 0 Å². The average Bonchev–Trinajstić information content (AvgIpc) is 2.55. The van der Waals surface area contributed by atoms with Gasteiger partial charge >= 0.3 is 5.97 Å². The summed E-state index contributed by atoms with van der Waals surface area (Å²) in [5.41, 5.74) is 0.991. The Labute approximate surface area is 129 Å². The number of carbonyl (C=O) groups excluding carboxylic acids is 2. The predicted molar refractivity (Wildman–Crippen MR) is 83.3 cm³/mol. The van der Waals surface area contributed by atoms with E-state index in [9.17, 15) is 9.59 Å². The van der Waals surface area contributed by atoms with Crippen molar-refractivity contribution >= 4 is 11.8 Å². The zero-order chi connectivity index (χ0) is 15.9. The highest BCUT2D eigenvalue weighted by Gasteiger charge is 2.14. The second-order valence-corrected chi connectivity index (χ2v) is 4.41. The number of benzene rings is 2. The third kappa shape index (κ3) is 3.61. The fourth-order valence-corrected chi connectivity index (χ4v) is 1.92. The van der Waals surface area contributed by atoms with Crippen LogP contribution in [0.25, 0.3) is 0 Å². The molecular formula is C18H16O4. The Bertz CT molecular complexity index is 686. The number of rotatable bonds is 6. The molecule has 0 spiro atoms. The lowest BCUT2D eigenvalue weighted by Crippen LogP contribution is -2.06. The fourth-order valence-electron chi connectivity index (χ4n) is 1.92. The summed E-state index contributed by atoms with van der Waals surface area (Å²) in [6.45, 7) is 5.68. The second kappa shape index (κ2) is 7.22. The first-order valence-electron chi connectivity index (χ1n) is 6.86. The van der Waals surface area contributed by atoms with Crippen LogP contribution in [0.15, 0.2) is 61.2 Å². The maximum Gasteiger partial charge on any atom is 0.335 e. The Morgan fingerprint density at radius 2 is 1.77 bits per heavy atom. The first kappa shape index (κ1) is 15.5. The van der Waals surface area contributed by atoms with E-state index < -0.39 is 5.97 Å². The standard InChI is InChI=1S/C18H16O4/c1-3-17(19)22-14-11-9-13(10-12-14)18(20)15-7-5-6-8-16(15)21-4-2/h3,5-12H,1,4H2,2H3. The summed E-state index contributed by atoms with van der Waals surface area (Å²) in [6.07, 6.45) is 1.08. The lowest BCUT2D eigenvalue weighted by Gasteiger charge is -2.09. The van der Waals surface area contributed by atoms with Crippen molar-refractivity contribution in [1.82, 2.24) is 0 Å². The summed E-state index contributed by atoms with van der Waals surface area (Å²) >= 11 is 0. The van der Waals surface area contributed by atoms with Gasteiger partial charge in [0.25, 0.3) is 0 Å². The van der Waals surface area contributed by atoms with E-state index >= 15 is 0 Å². The largest absolute Gasteiger partial charge is 0.493 e. The van der Waals surface area contributed by atoms with E-state index in [1.54, 1.807) is 42.5 Å². The van der Waals surface area contributed by atoms with Crippen LogP contribution in [0.1, 0.15) is 22.8 Å². The molecule has 2 rings (SSSR count). The van der Waals surface area contributed by atoms with Crippen LogP contribution in [0.2, 0.25) is 0 Å². The van der Waals surface area contributed by atoms with Gasteiger partial charge in [0, 0.05) is 11.6 Å². The van der Waals surface area contributed by atoms with Gasteiger partial charge in [-0.2, -0.15) is 0 Å². The summed E-state index contributed by atoms with van der Waals surface area (Å²) in [5, 5.41) is 0. The van der Waals surface area contributed by atoms with E-state index in [-0.39, 0.29) is 5.78 Å². The number of hydrogen-bond donors (Lipinski definition) is 0. The molecule has 0 bridgehead atoms. The van der Waals surface area contributed by atoms with Crippen LogP contribution in [-0.4, -0.2) is 18.4 Å². The molecule has 0 heterocycles. The number of ketones is 1. The average molecular weight is 296 g/mol. The molecule has 0 aromatic heterocycles. The Balaban J connectivity index is 2.23. The molecule has 112 valence electrons. The van der Waals surface area contributed by atoms with Gasteiger partial charge in [0.15, 0.2) is 5.78 Å². The van der Waals surface area contributed by atoms with E-state index in [1.807, 2.05) is 13.0 Å². The molecule has 2 aromatic rings. The summed E-state index contributed by atoms with van der Waals surface area (Å²) in [7, 11) is 0. The van der Waals surface area contributed by atoms with Gasteiger partial charge in [0.05, 0.1) is 12.2 Å². The van der Waals surface area contributed by atoms with Gasteiger partial charge in [-0.25, -0.2) is 4.79 Å². The SMILES string of the molecule is C=CC(=O)Oc1ccc(C(=O)c2ccccc2OCC)cc1. The Morgan fingerprint density at radius 3 is 2.41 bits per heavy atom. The monoisotopic (exact) mass is 296 g/mol. The number of hydrogen-bond acceptors (Lipinski definition) is 4. The number of esters is 1. The Hall–Kier alpha value is -2.88. The zero-order valence-corrected chi connectivity index (χ0v) is 12.2. The molecule has 22 heavy (non-hydrogen) atoms. The summed E-state index contributed by atoms with van der Waals surface area (Å²) in [6, 6.07) is 13.4. The maximum atomic E-state index is 12.5. The molecule has 0 radical (unpaired) electrons. The highest BCUT2D eigenvalue weighted by atomic mass is 16.5. The van der Waals surface area contributed by atoms with Gasteiger partial charge in [0.2, 0.25) is 0 Å². The van der Waals surface area contributed by atoms with Crippen molar-refractivity contribution in [2.24, 2.45) is 0 Å². The van der Waals surface area contributed by atoms with Crippen LogP contribution in [0.5, 0.6) is 11.5 Å². The van der Waals surface area contributed by atoms with Crippen LogP contribution in [0.3, 0.4) is 0 Å². The van der Waals surface area contributed by atoms with Crippen molar-refractivity contribution in [3.05, 3.63) is 72.3 Å². The smallest absolute Gasteiger partial charge is 0.335 e. The minimum atomic E-state index is -0.541. The van der Waals surface area contributed by atoms with Gasteiger partial charge < -0.3 is 9.47 Å². The van der Waals surface area contributed by atoms with Gasteiger partial charge in [-0.3, -0.25) is 4.79 Å². The number of ether oxygens (including phenoxy) is 2. The lowest BCUT2D eigenvalue weighted by molar-refractivity contribution is -0.128. The Morgan fingerprint density at radius 1 is 1.09 bits per heavy atom. The van der Waals surface area contributed by atoms with Crippen molar-refractivity contribution in [2.75, 3.05) is 6.61 Å². The second-order valence-electron chi connectivity index (χ2n) is 4.41. The number of carbonyl (C=O) groups is 2. The molecule has 0 fully saturated rings. The zero-order valence-electron chi connectivity index (χ0n) is 12.2. The molecule has 0 saturated carbocycles. The van der Waals surface area contributed by atoms with Gasteiger partial charge in [-0.05, 0) is 43.3 Å². The molecule has 4 heteroatoms. The molecule has 2 aromatic carbocycles. The van der Waals surface area contributed by atoms with E-state index in [0.717, 1.165) is 6.08 Å². The van der Waals surface area contributed by atoms with E-state index in [2.05, 4.69) is 6.58 Å². The molecular weight excluding hydrogens is 280 g/mol. The third-order valence-corrected chi connectivity index (χ3v) is 2.93. The molecule has 0 saturated heterocycles. The van der Waals surface area contributed by atoms with Crippen LogP contribution in [0.4, 0.5) is 0 Å². The summed E-state index contributed by atoms with van der Waals surface area (Å²) in [4.78, 5) is 23.6. The van der Waals surface area contributed by atoms with E-state index in [0.29, 0.717) is 29.2 Å². The maximum absolute atomic E-state index is 12.5. The normalized spacial score (nSPS) is 9.86. The molecule has 0 unspecified atom stereocenters. The van der Waals surface area contributed by atoms with Crippen LogP contribution in [-0.2, 0) is 4.79 Å². The molecule has 0 aliphatic rings. The van der Waals surface area contributed by atoms with Gasteiger partial charge in [-0.1, -0.05) is 18.7 Å². The molecule has 0 N–H and O–H groups in total. The van der Waals surface area contributed by atoms with Crippen molar-refractivity contribution < 1.29 is 19.1 Å². The molecule has 4 nitrogen and oxygen atoms in total. The predicted octanol–water partition coefficient (Wildman–Crippen LogP) is 3.41. The quantitative estimate of drug-likeness (QED) is 0.355. The first-order chi connectivity index (χ1) is 10.7. The topological polar surface area (TPSA) is 52.6 Å². The lowest BCUT2D eigenvalue weighted by atomic mass is 10.0. The van der Waals surface area contributed by atoms with E-state index in [1.165, 1.54) is 0 Å². The van der Waals surface area contributed by atoms with Crippen molar-refractivity contribution in [3.8, 4) is 11.5 Å². The number of para-hydroxylation sites is 1. The van der Waals surface area contributed by atoms with Crippen molar-refractivity contribution in [3.63, 3.8) is 0 Å². The molecule has 0 amide bonds. The molecule has 0 atom stereocenters. The fraction of sp³-hybridized carbons (Fsp3) is 0.111. The van der Waals surface area contributed by atoms with Crippen LogP contribution >= 0.6 is 0 Å². The van der Waals surface area contributed by atoms with Gasteiger partial charge in [0.1, 0.15) is 11.5 Å². The Kier molecular flexibility index (Phi) is 5.09. The third-order valence-electron chi connectivity index (χ3n) is 2.93. The summed E-state index contributed by atoms with van der Waals surface area (Å²) < 4.78 is 10.4. The molecule has 0 aliphatic carbocycles. The van der Waals surface area contributed by atoms with E-state index in [4.69, 9.17) is 9.47 Å².